The largest absolute Gasteiger partial charge is 0.463 e. The predicted octanol–water partition coefficient (Wildman–Crippen LogP) is 4.15. The molecule has 1 aliphatic carbocycles. The summed E-state index contributed by atoms with van der Waals surface area (Å²) in [5.74, 6) is 0.475. The molecule has 0 unspecified atom stereocenters. The van der Waals surface area contributed by atoms with Crippen molar-refractivity contribution < 1.29 is 9.53 Å². The Labute approximate surface area is 125 Å². The highest BCUT2D eigenvalue weighted by molar-refractivity contribution is 6.33. The molecule has 1 saturated carbocycles. The van der Waals surface area contributed by atoms with Crippen LogP contribution >= 0.6 is 11.6 Å². The molecule has 0 saturated heterocycles. The Hall–Kier alpha value is -1.22. The molecule has 110 valence electrons. The molecule has 0 amide bonds. The summed E-state index contributed by atoms with van der Waals surface area (Å²) in [5.41, 5.74) is 7.57. The number of nitrogen functional groups attached to an aromatic ring is 1. The maximum absolute atomic E-state index is 11.9. The molecule has 1 aromatic rings. The SMILES string of the molecule is CC(C)OC(=O)[C@H]1CC[C@H](c2ccc(N)c(Cl)c2)CC1. The van der Waals surface area contributed by atoms with Gasteiger partial charge in [-0.3, -0.25) is 4.79 Å². The van der Waals surface area contributed by atoms with Crippen molar-refractivity contribution in [3.8, 4) is 0 Å². The zero-order valence-electron chi connectivity index (χ0n) is 12.1. The lowest BCUT2D eigenvalue weighted by molar-refractivity contribution is -0.153. The fraction of sp³-hybridized carbons (Fsp3) is 0.562. The highest BCUT2D eigenvalue weighted by Gasteiger charge is 2.28. The van der Waals surface area contributed by atoms with Crippen LogP contribution in [0.1, 0.15) is 51.0 Å². The van der Waals surface area contributed by atoms with E-state index >= 15 is 0 Å². The highest BCUT2D eigenvalue weighted by atomic mass is 35.5. The van der Waals surface area contributed by atoms with Gasteiger partial charge in [-0.1, -0.05) is 17.7 Å². The number of esters is 1. The zero-order chi connectivity index (χ0) is 14.7. The van der Waals surface area contributed by atoms with Crippen molar-refractivity contribution in [1.82, 2.24) is 0 Å². The molecule has 0 aliphatic heterocycles. The van der Waals surface area contributed by atoms with Crippen LogP contribution in [0.4, 0.5) is 5.69 Å². The van der Waals surface area contributed by atoms with Gasteiger partial charge in [0.05, 0.1) is 22.7 Å². The van der Waals surface area contributed by atoms with E-state index in [1.165, 1.54) is 5.56 Å². The van der Waals surface area contributed by atoms with Crippen LogP contribution in [0.3, 0.4) is 0 Å². The van der Waals surface area contributed by atoms with E-state index in [1.807, 2.05) is 32.0 Å². The molecule has 0 heterocycles. The lowest BCUT2D eigenvalue weighted by atomic mass is 9.78. The summed E-state index contributed by atoms with van der Waals surface area (Å²) in [6, 6.07) is 5.85. The van der Waals surface area contributed by atoms with Crippen molar-refractivity contribution in [1.29, 1.82) is 0 Å². The van der Waals surface area contributed by atoms with Crippen molar-refractivity contribution in [2.45, 2.75) is 51.6 Å². The monoisotopic (exact) mass is 295 g/mol. The van der Waals surface area contributed by atoms with Gasteiger partial charge in [0.15, 0.2) is 0 Å². The lowest BCUT2D eigenvalue weighted by Gasteiger charge is -2.28. The molecule has 0 radical (unpaired) electrons. The van der Waals surface area contributed by atoms with Gasteiger partial charge in [-0.25, -0.2) is 0 Å². The summed E-state index contributed by atoms with van der Waals surface area (Å²) in [6.07, 6.45) is 3.74. The van der Waals surface area contributed by atoms with E-state index in [1.54, 1.807) is 0 Å². The summed E-state index contributed by atoms with van der Waals surface area (Å²) in [5, 5.41) is 0.615. The second-order valence-electron chi connectivity index (χ2n) is 5.82. The molecule has 1 aliphatic rings. The van der Waals surface area contributed by atoms with Crippen LogP contribution < -0.4 is 5.73 Å². The van der Waals surface area contributed by atoms with Gasteiger partial charge in [-0.15, -0.1) is 0 Å². The van der Waals surface area contributed by atoms with Crippen LogP contribution in [0.2, 0.25) is 5.02 Å². The number of nitrogens with two attached hydrogens (primary N) is 1. The number of rotatable bonds is 3. The first-order valence-corrected chi connectivity index (χ1v) is 7.60. The number of benzene rings is 1. The Kier molecular flexibility index (Phi) is 4.92. The van der Waals surface area contributed by atoms with Gasteiger partial charge in [0.2, 0.25) is 0 Å². The number of halogens is 1. The van der Waals surface area contributed by atoms with E-state index in [2.05, 4.69) is 0 Å². The maximum atomic E-state index is 11.9. The van der Waals surface area contributed by atoms with Crippen LogP contribution in [-0.4, -0.2) is 12.1 Å². The second-order valence-corrected chi connectivity index (χ2v) is 6.22. The Morgan fingerprint density at radius 2 is 1.95 bits per heavy atom. The van der Waals surface area contributed by atoms with Gasteiger partial charge in [0, 0.05) is 0 Å². The summed E-state index contributed by atoms with van der Waals surface area (Å²) in [4.78, 5) is 11.9. The molecule has 4 heteroatoms. The summed E-state index contributed by atoms with van der Waals surface area (Å²) in [6.45, 7) is 3.78. The smallest absolute Gasteiger partial charge is 0.309 e. The number of hydrogen-bond acceptors (Lipinski definition) is 3. The van der Waals surface area contributed by atoms with E-state index in [0.717, 1.165) is 25.7 Å². The number of hydrogen-bond donors (Lipinski definition) is 1. The van der Waals surface area contributed by atoms with Crippen molar-refractivity contribution in [3.05, 3.63) is 28.8 Å². The number of anilines is 1. The average molecular weight is 296 g/mol. The molecule has 2 rings (SSSR count). The molecule has 0 atom stereocenters. The molecule has 20 heavy (non-hydrogen) atoms. The first kappa shape index (κ1) is 15.2. The van der Waals surface area contributed by atoms with Gasteiger partial charge in [0.1, 0.15) is 0 Å². The van der Waals surface area contributed by atoms with Crippen molar-refractivity contribution in [3.63, 3.8) is 0 Å². The third kappa shape index (κ3) is 3.66. The van der Waals surface area contributed by atoms with Crippen LogP contribution in [0.25, 0.3) is 0 Å². The zero-order valence-corrected chi connectivity index (χ0v) is 12.8. The Bertz CT molecular complexity index is 479. The van der Waals surface area contributed by atoms with Gasteiger partial charge in [0.25, 0.3) is 0 Å². The van der Waals surface area contributed by atoms with Crippen LogP contribution in [0.15, 0.2) is 18.2 Å². The Morgan fingerprint density at radius 3 is 2.50 bits per heavy atom. The molecular weight excluding hydrogens is 274 g/mol. The number of carbonyl (C=O) groups is 1. The molecule has 1 fully saturated rings. The highest BCUT2D eigenvalue weighted by Crippen LogP contribution is 2.37. The third-order valence-electron chi connectivity index (χ3n) is 3.91. The minimum atomic E-state index is -0.0474. The third-order valence-corrected chi connectivity index (χ3v) is 4.24. The molecular formula is C16H22ClNO2. The summed E-state index contributed by atoms with van der Waals surface area (Å²) < 4.78 is 5.29. The van der Waals surface area contributed by atoms with E-state index in [4.69, 9.17) is 22.1 Å². The fourth-order valence-corrected chi connectivity index (χ4v) is 2.98. The number of ether oxygens (including phenoxy) is 1. The second kappa shape index (κ2) is 6.49. The normalized spacial score (nSPS) is 22.8. The first-order chi connectivity index (χ1) is 9.47. The molecule has 2 N–H and O–H groups in total. The fourth-order valence-electron chi connectivity index (χ4n) is 2.79. The average Bonchev–Trinajstić information content (AvgIpc) is 2.41. The maximum Gasteiger partial charge on any atom is 0.309 e. The molecule has 0 aromatic heterocycles. The first-order valence-electron chi connectivity index (χ1n) is 7.22. The van der Waals surface area contributed by atoms with E-state index in [9.17, 15) is 4.79 Å². The summed E-state index contributed by atoms with van der Waals surface area (Å²) >= 11 is 6.07. The molecule has 1 aromatic carbocycles. The predicted molar refractivity (Wildman–Crippen MR) is 81.8 cm³/mol. The Balaban J connectivity index is 1.94. The quantitative estimate of drug-likeness (QED) is 0.673. The van der Waals surface area contributed by atoms with Crippen LogP contribution in [0, 0.1) is 5.92 Å². The molecule has 3 nitrogen and oxygen atoms in total. The van der Waals surface area contributed by atoms with Crippen LogP contribution in [-0.2, 0) is 9.53 Å². The van der Waals surface area contributed by atoms with Crippen molar-refractivity contribution in [2.75, 3.05) is 5.73 Å². The van der Waals surface area contributed by atoms with Gasteiger partial charge in [-0.2, -0.15) is 0 Å². The minimum Gasteiger partial charge on any atom is -0.463 e. The van der Waals surface area contributed by atoms with Crippen molar-refractivity contribution in [2.24, 2.45) is 5.92 Å². The Morgan fingerprint density at radius 1 is 1.30 bits per heavy atom. The molecule has 0 spiro atoms. The lowest BCUT2D eigenvalue weighted by Crippen LogP contribution is -2.25. The van der Waals surface area contributed by atoms with Crippen LogP contribution in [0.5, 0.6) is 0 Å². The van der Waals surface area contributed by atoms with Crippen molar-refractivity contribution >= 4 is 23.3 Å². The van der Waals surface area contributed by atoms with Gasteiger partial charge < -0.3 is 10.5 Å². The number of carbonyl (C=O) groups excluding carboxylic acids is 1. The van der Waals surface area contributed by atoms with Gasteiger partial charge in [-0.05, 0) is 63.1 Å². The van der Waals surface area contributed by atoms with Gasteiger partial charge >= 0.3 is 5.97 Å². The summed E-state index contributed by atoms with van der Waals surface area (Å²) in [7, 11) is 0. The standard InChI is InChI=1S/C16H22ClNO2/c1-10(2)20-16(19)12-5-3-11(4-6-12)13-7-8-15(18)14(17)9-13/h7-12H,3-6,18H2,1-2H3/t11-,12-. The topological polar surface area (TPSA) is 52.3 Å². The molecule has 0 bridgehead atoms. The van der Waals surface area contributed by atoms with E-state index in [0.29, 0.717) is 16.6 Å². The van der Waals surface area contributed by atoms with E-state index in [-0.39, 0.29) is 18.0 Å². The van der Waals surface area contributed by atoms with E-state index < -0.39 is 0 Å². The minimum absolute atomic E-state index is 0.0314.